The Bertz CT molecular complexity index is 1010. The van der Waals surface area contributed by atoms with Gasteiger partial charge in [-0.1, -0.05) is 24.3 Å². The lowest BCUT2D eigenvalue weighted by Crippen LogP contribution is -2.60. The van der Waals surface area contributed by atoms with Gasteiger partial charge in [0.05, 0.1) is 18.6 Å². The van der Waals surface area contributed by atoms with Gasteiger partial charge < -0.3 is 14.6 Å². The van der Waals surface area contributed by atoms with Gasteiger partial charge in [-0.05, 0) is 36.1 Å². The van der Waals surface area contributed by atoms with Crippen LogP contribution in [0.2, 0.25) is 0 Å². The van der Waals surface area contributed by atoms with Gasteiger partial charge in [0.25, 0.3) is 0 Å². The van der Waals surface area contributed by atoms with E-state index in [-0.39, 0.29) is 18.1 Å². The first kappa shape index (κ1) is 19.3. The minimum atomic E-state index is 0.218. The Morgan fingerprint density at radius 2 is 2.03 bits per heavy atom. The number of ether oxygens (including phenoxy) is 1. The largest absolute Gasteiger partial charge is 0.378 e. The molecular weight excluding hydrogens is 376 g/mol. The molecule has 6 heteroatoms. The van der Waals surface area contributed by atoms with E-state index in [4.69, 9.17) is 4.74 Å². The number of hydrogen-bond acceptors (Lipinski definition) is 4. The topological polar surface area (TPSA) is 61.5 Å². The van der Waals surface area contributed by atoms with Crippen LogP contribution in [0.25, 0.3) is 10.9 Å². The number of H-pyrrole nitrogens is 1. The van der Waals surface area contributed by atoms with Gasteiger partial charge in [-0.25, -0.2) is 0 Å². The Morgan fingerprint density at radius 1 is 1.20 bits per heavy atom. The third kappa shape index (κ3) is 3.50. The zero-order chi connectivity index (χ0) is 20.5. The molecule has 3 aromatic rings. The van der Waals surface area contributed by atoms with E-state index >= 15 is 0 Å². The minimum absolute atomic E-state index is 0.218. The number of hydrogen-bond donors (Lipinski definition) is 1. The van der Waals surface area contributed by atoms with Gasteiger partial charge >= 0.3 is 0 Å². The maximum atomic E-state index is 12.9. The average Bonchev–Trinajstić information content (AvgIpc) is 3.17. The lowest BCUT2D eigenvalue weighted by atomic mass is 9.87. The Hall–Kier alpha value is -2.70. The molecule has 2 aliphatic heterocycles. The van der Waals surface area contributed by atoms with Crippen LogP contribution in [-0.4, -0.2) is 64.6 Å². The van der Waals surface area contributed by atoms with Gasteiger partial charge in [0.15, 0.2) is 0 Å². The number of fused-ring (bicyclic) bond motifs is 1. The number of benzene rings is 1. The molecule has 1 amide bonds. The number of aromatic nitrogens is 2. The SMILES string of the molecule is CO[C@H]1CN(C2CCN(C(=O)Cc3c[nH]c4ccccc34)CC2)[C@H]1c1cccnc1. The molecule has 156 valence electrons. The zero-order valence-corrected chi connectivity index (χ0v) is 17.3. The van der Waals surface area contributed by atoms with Crippen molar-refractivity contribution >= 4 is 16.8 Å². The second kappa shape index (κ2) is 8.20. The summed E-state index contributed by atoms with van der Waals surface area (Å²) in [4.78, 5) is 25.1. The number of likely N-dealkylation sites (tertiary alicyclic amines) is 2. The van der Waals surface area contributed by atoms with Crippen molar-refractivity contribution in [2.75, 3.05) is 26.7 Å². The molecule has 2 fully saturated rings. The van der Waals surface area contributed by atoms with E-state index in [1.54, 1.807) is 7.11 Å². The quantitative estimate of drug-likeness (QED) is 0.710. The molecular formula is C24H28N4O2. The fourth-order valence-electron chi connectivity index (χ4n) is 5.03. The number of methoxy groups -OCH3 is 1. The summed E-state index contributed by atoms with van der Waals surface area (Å²) in [6.07, 6.45) is 8.42. The summed E-state index contributed by atoms with van der Waals surface area (Å²) >= 11 is 0. The third-order valence-electron chi connectivity index (χ3n) is 6.73. The van der Waals surface area contributed by atoms with Crippen LogP contribution in [0.1, 0.15) is 30.0 Å². The second-order valence-electron chi connectivity index (χ2n) is 8.35. The van der Waals surface area contributed by atoms with Crippen LogP contribution >= 0.6 is 0 Å². The molecule has 2 aliphatic rings. The summed E-state index contributed by atoms with van der Waals surface area (Å²) in [5, 5.41) is 1.14. The van der Waals surface area contributed by atoms with E-state index < -0.39 is 0 Å². The van der Waals surface area contributed by atoms with Gasteiger partial charge in [0.1, 0.15) is 0 Å². The van der Waals surface area contributed by atoms with E-state index in [0.29, 0.717) is 12.5 Å². The van der Waals surface area contributed by atoms with Crippen molar-refractivity contribution in [2.45, 2.75) is 37.5 Å². The summed E-state index contributed by atoms with van der Waals surface area (Å²) in [5.41, 5.74) is 3.39. The van der Waals surface area contributed by atoms with Crippen LogP contribution in [-0.2, 0) is 16.0 Å². The number of piperidine rings is 1. The van der Waals surface area contributed by atoms with Crippen molar-refractivity contribution in [1.29, 1.82) is 0 Å². The van der Waals surface area contributed by atoms with Crippen molar-refractivity contribution in [3.8, 4) is 0 Å². The fourth-order valence-corrected chi connectivity index (χ4v) is 5.03. The number of nitrogens with one attached hydrogen (secondary N) is 1. The van der Waals surface area contributed by atoms with Crippen LogP contribution in [0, 0.1) is 0 Å². The first-order valence-corrected chi connectivity index (χ1v) is 10.8. The Labute approximate surface area is 176 Å². The number of para-hydroxylation sites is 1. The molecule has 0 bridgehead atoms. The first-order chi connectivity index (χ1) is 14.7. The van der Waals surface area contributed by atoms with Crippen LogP contribution in [0.3, 0.4) is 0 Å². The van der Waals surface area contributed by atoms with E-state index in [1.165, 1.54) is 5.56 Å². The molecule has 6 nitrogen and oxygen atoms in total. The van der Waals surface area contributed by atoms with E-state index in [0.717, 1.165) is 48.9 Å². The summed E-state index contributed by atoms with van der Waals surface area (Å²) < 4.78 is 5.69. The predicted molar refractivity (Wildman–Crippen MR) is 116 cm³/mol. The van der Waals surface area contributed by atoms with Crippen molar-refractivity contribution in [2.24, 2.45) is 0 Å². The molecule has 2 saturated heterocycles. The van der Waals surface area contributed by atoms with Crippen LogP contribution in [0.15, 0.2) is 55.0 Å². The van der Waals surface area contributed by atoms with E-state index in [2.05, 4.69) is 27.0 Å². The molecule has 30 heavy (non-hydrogen) atoms. The molecule has 0 radical (unpaired) electrons. The Balaban J connectivity index is 1.20. The van der Waals surface area contributed by atoms with Crippen LogP contribution in [0.4, 0.5) is 0 Å². The number of amides is 1. The highest BCUT2D eigenvalue weighted by atomic mass is 16.5. The Kier molecular flexibility index (Phi) is 5.27. The predicted octanol–water partition coefficient (Wildman–Crippen LogP) is 3.17. The molecule has 1 aromatic carbocycles. The number of pyridine rings is 1. The summed E-state index contributed by atoms with van der Waals surface area (Å²) in [5.74, 6) is 0.223. The highest BCUT2D eigenvalue weighted by Crippen LogP contribution is 2.39. The van der Waals surface area contributed by atoms with E-state index in [1.807, 2.05) is 47.8 Å². The minimum Gasteiger partial charge on any atom is -0.378 e. The van der Waals surface area contributed by atoms with Gasteiger partial charge in [-0.2, -0.15) is 0 Å². The maximum Gasteiger partial charge on any atom is 0.227 e. The first-order valence-electron chi connectivity index (χ1n) is 10.8. The summed E-state index contributed by atoms with van der Waals surface area (Å²) in [7, 11) is 1.79. The zero-order valence-electron chi connectivity index (χ0n) is 17.3. The number of rotatable bonds is 5. The number of nitrogens with zero attached hydrogens (tertiary/aromatic N) is 3. The van der Waals surface area contributed by atoms with Gasteiger partial charge in [0, 0.05) is 62.3 Å². The highest BCUT2D eigenvalue weighted by Gasteiger charge is 2.44. The Morgan fingerprint density at radius 3 is 2.80 bits per heavy atom. The number of carbonyl (C=O) groups is 1. The molecule has 0 unspecified atom stereocenters. The summed E-state index contributed by atoms with van der Waals surface area (Å²) in [6, 6.07) is 13.0. The van der Waals surface area contributed by atoms with Crippen LogP contribution < -0.4 is 0 Å². The molecule has 2 aromatic heterocycles. The monoisotopic (exact) mass is 404 g/mol. The molecule has 1 N–H and O–H groups in total. The van der Waals surface area contributed by atoms with Gasteiger partial charge in [-0.15, -0.1) is 0 Å². The van der Waals surface area contributed by atoms with E-state index in [9.17, 15) is 4.79 Å². The standard InChI is InChI=1S/C24H28N4O2/c1-30-22-16-28(24(22)17-5-4-10-25-14-17)19-8-11-27(12-9-19)23(29)13-18-15-26-21-7-3-2-6-20(18)21/h2-7,10,14-15,19,22,24,26H,8-9,11-13,16H2,1H3/t22-,24-/m0/s1. The molecule has 4 heterocycles. The molecule has 0 aliphatic carbocycles. The number of carbonyl (C=O) groups excluding carboxylic acids is 1. The van der Waals surface area contributed by atoms with Crippen molar-refractivity contribution in [1.82, 2.24) is 19.8 Å². The average molecular weight is 405 g/mol. The summed E-state index contributed by atoms with van der Waals surface area (Å²) in [6.45, 7) is 2.59. The fraction of sp³-hybridized carbons (Fsp3) is 0.417. The molecule has 0 spiro atoms. The third-order valence-corrected chi connectivity index (χ3v) is 6.73. The second-order valence-corrected chi connectivity index (χ2v) is 8.35. The van der Waals surface area contributed by atoms with Gasteiger partial charge in [0.2, 0.25) is 5.91 Å². The van der Waals surface area contributed by atoms with Crippen molar-refractivity contribution < 1.29 is 9.53 Å². The normalized spacial score (nSPS) is 22.9. The molecule has 5 rings (SSSR count). The lowest BCUT2D eigenvalue weighted by molar-refractivity contribution is -0.137. The number of aromatic amines is 1. The van der Waals surface area contributed by atoms with Crippen molar-refractivity contribution in [3.05, 3.63) is 66.1 Å². The van der Waals surface area contributed by atoms with Gasteiger partial charge in [-0.3, -0.25) is 14.7 Å². The molecule has 2 atom stereocenters. The molecule has 0 saturated carbocycles. The highest BCUT2D eigenvalue weighted by molar-refractivity contribution is 5.88. The lowest BCUT2D eigenvalue weighted by Gasteiger charge is -2.53. The van der Waals surface area contributed by atoms with Crippen molar-refractivity contribution in [3.63, 3.8) is 0 Å². The van der Waals surface area contributed by atoms with Crippen LogP contribution in [0.5, 0.6) is 0 Å². The maximum absolute atomic E-state index is 12.9. The smallest absolute Gasteiger partial charge is 0.227 e.